The van der Waals surface area contributed by atoms with Crippen LogP contribution < -0.4 is 15.4 Å². The van der Waals surface area contributed by atoms with Crippen LogP contribution in [0.25, 0.3) is 11.4 Å². The van der Waals surface area contributed by atoms with E-state index in [9.17, 15) is 13.2 Å². The van der Waals surface area contributed by atoms with Gasteiger partial charge in [-0.15, -0.1) is 0 Å². The maximum atomic E-state index is 13.6. The first-order valence-corrected chi connectivity index (χ1v) is 10.6. The second-order valence-electron chi connectivity index (χ2n) is 8.02. The zero-order valence-electron chi connectivity index (χ0n) is 17.6. The Hall–Kier alpha value is -2.84. The summed E-state index contributed by atoms with van der Waals surface area (Å²) in [4.78, 5) is 13.4. The van der Waals surface area contributed by atoms with Gasteiger partial charge in [0, 0.05) is 12.1 Å². The highest BCUT2D eigenvalue weighted by Crippen LogP contribution is 2.39. The normalized spacial score (nSPS) is 21.6. The highest BCUT2D eigenvalue weighted by atomic mass is 19.4. The average molecular weight is 433 g/mol. The predicted molar refractivity (Wildman–Crippen MR) is 113 cm³/mol. The second-order valence-corrected chi connectivity index (χ2v) is 8.02. The van der Waals surface area contributed by atoms with Crippen LogP contribution in [-0.2, 0) is 12.6 Å². The van der Waals surface area contributed by atoms with E-state index in [1.54, 1.807) is 6.07 Å². The minimum absolute atomic E-state index is 0.0390. The summed E-state index contributed by atoms with van der Waals surface area (Å²) in [6, 6.07) is 5.40. The Morgan fingerprint density at radius 3 is 2.77 bits per heavy atom. The molecule has 0 aliphatic carbocycles. The van der Waals surface area contributed by atoms with E-state index in [1.807, 2.05) is 6.92 Å². The van der Waals surface area contributed by atoms with Crippen molar-refractivity contribution in [2.75, 3.05) is 18.5 Å². The van der Waals surface area contributed by atoms with E-state index in [0.29, 0.717) is 30.3 Å². The summed E-state index contributed by atoms with van der Waals surface area (Å²) in [5, 5.41) is 6.74. The van der Waals surface area contributed by atoms with Crippen molar-refractivity contribution >= 4 is 11.7 Å². The number of ether oxygens (including phenoxy) is 1. The predicted octanol–water partition coefficient (Wildman–Crippen LogP) is 4.66. The molecule has 31 heavy (non-hydrogen) atoms. The molecule has 1 aromatic heterocycles. The minimum Gasteiger partial charge on any atom is -0.488 e. The summed E-state index contributed by atoms with van der Waals surface area (Å²) in [7, 11) is 0. The number of halogens is 3. The maximum Gasteiger partial charge on any atom is 0.417 e. The molecule has 0 bridgehead atoms. The van der Waals surface area contributed by atoms with Crippen LogP contribution in [0.2, 0.25) is 0 Å². The Balaban J connectivity index is 1.77. The molecule has 2 aliphatic heterocycles. The summed E-state index contributed by atoms with van der Waals surface area (Å²) in [6.07, 6.45) is -1.36. The molecule has 166 valence electrons. The van der Waals surface area contributed by atoms with Crippen LogP contribution in [-0.4, -0.2) is 35.1 Å². The summed E-state index contributed by atoms with van der Waals surface area (Å²) in [5.41, 5.74) is -0.166. The van der Waals surface area contributed by atoms with Crippen molar-refractivity contribution < 1.29 is 17.9 Å². The Bertz CT molecular complexity index is 976. The van der Waals surface area contributed by atoms with E-state index in [1.165, 1.54) is 12.1 Å². The first-order chi connectivity index (χ1) is 14.8. The van der Waals surface area contributed by atoms with Crippen molar-refractivity contribution in [2.24, 2.45) is 10.9 Å². The zero-order chi connectivity index (χ0) is 22.0. The molecular weight excluding hydrogens is 407 g/mol. The van der Waals surface area contributed by atoms with Gasteiger partial charge in [0.25, 0.3) is 0 Å². The molecule has 3 heterocycles. The van der Waals surface area contributed by atoms with Gasteiger partial charge in [0.15, 0.2) is 17.4 Å². The van der Waals surface area contributed by atoms with Crippen LogP contribution >= 0.6 is 0 Å². The Morgan fingerprint density at radius 1 is 1.16 bits per heavy atom. The van der Waals surface area contributed by atoms with Crippen LogP contribution in [0.1, 0.15) is 44.4 Å². The van der Waals surface area contributed by atoms with Gasteiger partial charge in [-0.3, -0.25) is 4.99 Å². The Morgan fingerprint density at radius 2 is 1.97 bits per heavy atom. The van der Waals surface area contributed by atoms with Gasteiger partial charge in [-0.2, -0.15) is 13.2 Å². The summed E-state index contributed by atoms with van der Waals surface area (Å²) in [5.74, 6) is 2.05. The number of hydrogen-bond acceptors (Lipinski definition) is 6. The molecule has 0 amide bonds. The topological polar surface area (TPSA) is 71.4 Å². The summed E-state index contributed by atoms with van der Waals surface area (Å²) < 4.78 is 46.7. The second kappa shape index (κ2) is 8.72. The van der Waals surface area contributed by atoms with E-state index < -0.39 is 11.7 Å². The van der Waals surface area contributed by atoms with E-state index in [-0.39, 0.29) is 23.5 Å². The molecule has 2 aliphatic rings. The molecule has 2 atom stereocenters. The average Bonchev–Trinajstić information content (AvgIpc) is 2.74. The van der Waals surface area contributed by atoms with Gasteiger partial charge in [-0.25, -0.2) is 9.97 Å². The van der Waals surface area contributed by atoms with Crippen molar-refractivity contribution in [3.63, 3.8) is 0 Å². The van der Waals surface area contributed by atoms with Crippen molar-refractivity contribution in [3.8, 4) is 17.1 Å². The molecule has 2 aromatic rings. The molecule has 0 radical (unpaired) electrons. The molecule has 9 heteroatoms. The number of rotatable bonds is 3. The third-order valence-electron chi connectivity index (χ3n) is 5.61. The van der Waals surface area contributed by atoms with Crippen LogP contribution in [0.4, 0.5) is 19.0 Å². The molecule has 4 rings (SSSR count). The van der Waals surface area contributed by atoms with E-state index >= 15 is 0 Å². The molecule has 0 saturated carbocycles. The quantitative estimate of drug-likeness (QED) is 0.737. The number of nitrogens with zero attached hydrogens (tertiary/aromatic N) is 3. The van der Waals surface area contributed by atoms with Crippen molar-refractivity contribution in [2.45, 2.75) is 51.9 Å². The van der Waals surface area contributed by atoms with Crippen LogP contribution in [0, 0.1) is 5.92 Å². The van der Waals surface area contributed by atoms with E-state index in [0.717, 1.165) is 37.7 Å². The first kappa shape index (κ1) is 21.4. The van der Waals surface area contributed by atoms with Crippen molar-refractivity contribution in [1.82, 2.24) is 15.3 Å². The highest BCUT2D eigenvalue weighted by molar-refractivity contribution is 5.80. The molecule has 2 N–H and O–H groups in total. The number of anilines is 1. The van der Waals surface area contributed by atoms with Crippen molar-refractivity contribution in [3.05, 3.63) is 35.5 Å². The largest absolute Gasteiger partial charge is 0.488 e. The van der Waals surface area contributed by atoms with Crippen LogP contribution in [0.15, 0.2) is 29.3 Å². The van der Waals surface area contributed by atoms with Gasteiger partial charge in [0.05, 0.1) is 23.7 Å². The fourth-order valence-corrected chi connectivity index (χ4v) is 3.94. The lowest BCUT2D eigenvalue weighted by molar-refractivity contribution is -0.137. The number of alkyl halides is 3. The lowest BCUT2D eigenvalue weighted by Crippen LogP contribution is -2.45. The number of benzene rings is 1. The van der Waals surface area contributed by atoms with Gasteiger partial charge in [-0.1, -0.05) is 25.1 Å². The third-order valence-corrected chi connectivity index (χ3v) is 5.61. The monoisotopic (exact) mass is 433 g/mol. The fraction of sp³-hybridized carbons (Fsp3) is 0.500. The van der Waals surface area contributed by atoms with Crippen LogP contribution in [0.5, 0.6) is 5.75 Å². The summed E-state index contributed by atoms with van der Waals surface area (Å²) >= 11 is 0. The Labute approximate surface area is 179 Å². The highest BCUT2D eigenvalue weighted by Gasteiger charge is 2.35. The van der Waals surface area contributed by atoms with Gasteiger partial charge in [-0.05, 0) is 44.6 Å². The van der Waals surface area contributed by atoms with E-state index in [2.05, 4.69) is 32.5 Å². The molecule has 1 aromatic carbocycles. The SMILES string of the molecule is CC1=NCCCC(C)C(Nc2nc(-c3ccccc3C(F)(F)F)nc3c2OCCC3)N1. The first-order valence-electron chi connectivity index (χ1n) is 10.6. The molecule has 0 saturated heterocycles. The minimum atomic E-state index is -4.50. The lowest BCUT2D eigenvalue weighted by Gasteiger charge is -2.30. The van der Waals surface area contributed by atoms with Gasteiger partial charge >= 0.3 is 6.18 Å². The number of aromatic nitrogens is 2. The van der Waals surface area contributed by atoms with Crippen LogP contribution in [0.3, 0.4) is 0 Å². The number of amidine groups is 1. The molecule has 0 fully saturated rings. The van der Waals surface area contributed by atoms with Gasteiger partial charge in [0.2, 0.25) is 0 Å². The number of aryl methyl sites for hydroxylation is 1. The fourth-order valence-electron chi connectivity index (χ4n) is 3.94. The number of fused-ring (bicyclic) bond motifs is 1. The van der Waals surface area contributed by atoms with Gasteiger partial charge in [0.1, 0.15) is 6.17 Å². The smallest absolute Gasteiger partial charge is 0.417 e. The third kappa shape index (κ3) is 4.75. The molecular formula is C22H26F3N5O. The van der Waals surface area contributed by atoms with Crippen molar-refractivity contribution in [1.29, 1.82) is 0 Å². The maximum absolute atomic E-state index is 13.6. The number of hydrogen-bond donors (Lipinski definition) is 2. The lowest BCUT2D eigenvalue weighted by atomic mass is 10.0. The standard InChI is InChI=1S/C22H26F3N5O/c1-13-7-5-11-26-14(2)27-19(13)29-21-18-17(10-6-12-31-18)28-20(30-21)15-8-3-4-9-16(15)22(23,24)25/h3-4,8-9,13,19H,5-7,10-12H2,1-2H3,(H,26,27)(H,28,29,30). The summed E-state index contributed by atoms with van der Waals surface area (Å²) in [6.45, 7) is 5.33. The molecule has 2 unspecified atom stereocenters. The number of aliphatic imine (C=N–C) groups is 1. The molecule has 0 spiro atoms. The Kier molecular flexibility index (Phi) is 6.02. The molecule has 6 nitrogen and oxygen atoms in total. The number of nitrogens with one attached hydrogen (secondary N) is 2. The van der Waals surface area contributed by atoms with E-state index in [4.69, 9.17) is 4.74 Å². The zero-order valence-corrected chi connectivity index (χ0v) is 17.6. The van der Waals surface area contributed by atoms with Gasteiger partial charge < -0.3 is 15.4 Å².